The van der Waals surface area contributed by atoms with Gasteiger partial charge < -0.3 is 14.0 Å². The number of fused-ring (bicyclic) bond motifs is 1. The number of ether oxygens (including phenoxy) is 2. The summed E-state index contributed by atoms with van der Waals surface area (Å²) in [6.07, 6.45) is 0. The van der Waals surface area contributed by atoms with Crippen molar-refractivity contribution in [2.24, 2.45) is 0 Å². The van der Waals surface area contributed by atoms with Crippen LogP contribution in [0.3, 0.4) is 0 Å². The Morgan fingerprint density at radius 1 is 1.06 bits per heavy atom. The van der Waals surface area contributed by atoms with Gasteiger partial charge in [0, 0.05) is 33.2 Å². The number of hydrogen-bond acceptors (Lipinski definition) is 4. The van der Waals surface area contributed by atoms with Gasteiger partial charge in [0.2, 0.25) is 0 Å². The third kappa shape index (κ3) is 4.94. The van der Waals surface area contributed by atoms with Gasteiger partial charge in [-0.1, -0.05) is 17.7 Å². The summed E-state index contributed by atoms with van der Waals surface area (Å²) in [7, 11) is 0. The summed E-state index contributed by atoms with van der Waals surface area (Å²) >= 11 is 9.80. The number of hydrogen-bond donors (Lipinski definition) is 1. The lowest BCUT2D eigenvalue weighted by Gasteiger charge is -2.13. The molecule has 0 fully saturated rings. The normalized spacial score (nSPS) is 11.0. The summed E-state index contributed by atoms with van der Waals surface area (Å²) in [5.74, 6) is -0.305. The van der Waals surface area contributed by atoms with Crippen LogP contribution in [0.4, 0.5) is 0 Å². The minimum atomic E-state index is -0.430. The highest BCUT2D eigenvalue weighted by Gasteiger charge is 2.24. The Morgan fingerprint density at radius 2 is 1.77 bits per heavy atom. The van der Waals surface area contributed by atoms with E-state index in [2.05, 4.69) is 21.4 Å². The number of carbonyl (C=O) groups is 2. The van der Waals surface area contributed by atoms with Crippen LogP contribution in [0.25, 0.3) is 16.6 Å². The number of rotatable bonds is 7. The molecule has 0 aliphatic carbocycles. The molecule has 0 spiro atoms. The van der Waals surface area contributed by atoms with Gasteiger partial charge in [0.1, 0.15) is 5.75 Å². The molecule has 0 aliphatic heterocycles. The molecule has 2 aromatic heterocycles. The summed E-state index contributed by atoms with van der Waals surface area (Å²) in [6, 6.07) is 14.8. The maximum absolute atomic E-state index is 12.9. The minimum absolute atomic E-state index is 0.204. The van der Waals surface area contributed by atoms with Crippen molar-refractivity contribution in [3.63, 3.8) is 0 Å². The number of carbonyl (C=O) groups excluding carboxylic acids is 2. The standard InChI is InChI=1S/C26H25BrClN3O4/c1-5-34-26(33)25-17(4)30(19-8-6-7-18(28)11-19)22-13-21(27)23(12-20(22)25)35-14-24(32)29-31-15(2)9-10-16(31)3/h6-13H,5,14H2,1-4H3,(H,29,32). The number of amides is 1. The summed E-state index contributed by atoms with van der Waals surface area (Å²) < 4.78 is 15.5. The highest BCUT2D eigenvalue weighted by Crippen LogP contribution is 2.37. The Hall–Kier alpha value is -3.23. The molecule has 35 heavy (non-hydrogen) atoms. The Morgan fingerprint density at radius 3 is 2.43 bits per heavy atom. The quantitative estimate of drug-likeness (QED) is 0.278. The minimum Gasteiger partial charge on any atom is -0.482 e. The van der Waals surface area contributed by atoms with E-state index in [0.717, 1.165) is 22.6 Å². The first-order valence-electron chi connectivity index (χ1n) is 11.1. The number of aryl methyl sites for hydroxylation is 2. The van der Waals surface area contributed by atoms with E-state index >= 15 is 0 Å². The fourth-order valence-corrected chi connectivity index (χ4v) is 4.71. The zero-order valence-corrected chi connectivity index (χ0v) is 22.2. The van der Waals surface area contributed by atoms with Gasteiger partial charge in [-0.25, -0.2) is 4.79 Å². The van der Waals surface area contributed by atoms with Gasteiger partial charge in [-0.3, -0.25) is 14.9 Å². The SMILES string of the molecule is CCOC(=O)c1c(C)n(-c2cccc(Cl)c2)c2cc(Br)c(OCC(=O)Nn3c(C)ccc3C)cc12. The van der Waals surface area contributed by atoms with Crippen molar-refractivity contribution in [1.82, 2.24) is 9.24 Å². The second-order valence-electron chi connectivity index (χ2n) is 8.07. The lowest BCUT2D eigenvalue weighted by Crippen LogP contribution is -2.29. The number of esters is 1. The van der Waals surface area contributed by atoms with Crippen LogP contribution in [0, 0.1) is 20.8 Å². The van der Waals surface area contributed by atoms with Gasteiger partial charge in [-0.05, 0) is 86.1 Å². The Bertz CT molecular complexity index is 1420. The molecule has 1 amide bonds. The zero-order valence-electron chi connectivity index (χ0n) is 19.8. The third-order valence-corrected chi connectivity index (χ3v) is 6.52. The van der Waals surface area contributed by atoms with Gasteiger partial charge in [-0.15, -0.1) is 0 Å². The van der Waals surface area contributed by atoms with E-state index in [0.29, 0.717) is 31.9 Å². The second-order valence-corrected chi connectivity index (χ2v) is 9.36. The number of nitrogens with one attached hydrogen (secondary N) is 1. The van der Waals surface area contributed by atoms with Crippen molar-refractivity contribution in [1.29, 1.82) is 0 Å². The molecule has 0 radical (unpaired) electrons. The van der Waals surface area contributed by atoms with E-state index in [9.17, 15) is 9.59 Å². The number of halogens is 2. The van der Waals surface area contributed by atoms with Crippen LogP contribution < -0.4 is 10.2 Å². The third-order valence-electron chi connectivity index (χ3n) is 5.67. The van der Waals surface area contributed by atoms with Crippen molar-refractivity contribution in [2.75, 3.05) is 18.6 Å². The number of nitrogens with zero attached hydrogens (tertiary/aromatic N) is 2. The first kappa shape index (κ1) is 24.9. The fraction of sp³-hybridized carbons (Fsp3) is 0.231. The molecule has 7 nitrogen and oxygen atoms in total. The molecule has 0 bridgehead atoms. The van der Waals surface area contributed by atoms with Crippen LogP contribution in [-0.2, 0) is 9.53 Å². The molecule has 182 valence electrons. The molecule has 9 heteroatoms. The molecule has 0 atom stereocenters. The van der Waals surface area contributed by atoms with Gasteiger partial charge in [-0.2, -0.15) is 0 Å². The maximum Gasteiger partial charge on any atom is 0.340 e. The van der Waals surface area contributed by atoms with Crippen molar-refractivity contribution >= 4 is 50.3 Å². The predicted molar refractivity (Wildman–Crippen MR) is 140 cm³/mol. The summed E-state index contributed by atoms with van der Waals surface area (Å²) in [4.78, 5) is 25.4. The number of benzene rings is 2. The van der Waals surface area contributed by atoms with Crippen LogP contribution in [0.1, 0.15) is 34.4 Å². The van der Waals surface area contributed by atoms with E-state index in [1.807, 2.05) is 61.7 Å². The molecule has 0 unspecified atom stereocenters. The van der Waals surface area contributed by atoms with E-state index in [-0.39, 0.29) is 19.1 Å². The van der Waals surface area contributed by atoms with Crippen LogP contribution in [0.5, 0.6) is 5.75 Å². The molecule has 0 aliphatic rings. The average Bonchev–Trinajstić information content (AvgIpc) is 3.27. The predicted octanol–water partition coefficient (Wildman–Crippen LogP) is 6.10. The van der Waals surface area contributed by atoms with Crippen LogP contribution in [0.15, 0.2) is 53.0 Å². The second kappa shape index (κ2) is 10.2. The van der Waals surface area contributed by atoms with E-state index in [1.165, 1.54) is 0 Å². The fourth-order valence-electron chi connectivity index (χ4n) is 4.08. The van der Waals surface area contributed by atoms with Gasteiger partial charge >= 0.3 is 5.97 Å². The van der Waals surface area contributed by atoms with Gasteiger partial charge in [0.05, 0.1) is 22.2 Å². The number of aromatic nitrogens is 2. The molecule has 1 N–H and O–H groups in total. The smallest absolute Gasteiger partial charge is 0.340 e. The average molecular weight is 559 g/mol. The Labute approximate surface area is 216 Å². The van der Waals surface area contributed by atoms with Crippen LogP contribution in [0.2, 0.25) is 5.02 Å². The van der Waals surface area contributed by atoms with Crippen molar-refractivity contribution in [2.45, 2.75) is 27.7 Å². The molecular weight excluding hydrogens is 534 g/mol. The maximum atomic E-state index is 12.9. The summed E-state index contributed by atoms with van der Waals surface area (Å²) in [5, 5.41) is 1.23. The molecule has 4 rings (SSSR count). The highest BCUT2D eigenvalue weighted by atomic mass is 79.9. The Kier molecular flexibility index (Phi) is 7.23. The van der Waals surface area contributed by atoms with E-state index in [1.54, 1.807) is 23.7 Å². The molecule has 4 aromatic rings. The molecule has 0 saturated heterocycles. The monoisotopic (exact) mass is 557 g/mol. The van der Waals surface area contributed by atoms with Crippen LogP contribution >= 0.6 is 27.5 Å². The molecular formula is C26H25BrClN3O4. The first-order chi connectivity index (χ1) is 16.7. The first-order valence-corrected chi connectivity index (χ1v) is 12.2. The largest absolute Gasteiger partial charge is 0.482 e. The molecule has 0 saturated carbocycles. The van der Waals surface area contributed by atoms with Gasteiger partial charge in [0.15, 0.2) is 6.61 Å². The van der Waals surface area contributed by atoms with E-state index < -0.39 is 5.97 Å². The van der Waals surface area contributed by atoms with Crippen molar-refractivity contribution < 1.29 is 19.1 Å². The molecule has 2 aromatic carbocycles. The highest BCUT2D eigenvalue weighted by molar-refractivity contribution is 9.10. The molecule has 2 heterocycles. The summed E-state index contributed by atoms with van der Waals surface area (Å²) in [6.45, 7) is 7.48. The van der Waals surface area contributed by atoms with Crippen molar-refractivity contribution in [3.05, 3.63) is 80.7 Å². The van der Waals surface area contributed by atoms with E-state index in [4.69, 9.17) is 21.1 Å². The topological polar surface area (TPSA) is 74.5 Å². The van der Waals surface area contributed by atoms with Crippen molar-refractivity contribution in [3.8, 4) is 11.4 Å². The Balaban J connectivity index is 1.72. The zero-order chi connectivity index (χ0) is 25.3. The van der Waals surface area contributed by atoms with Crippen LogP contribution in [-0.4, -0.2) is 34.3 Å². The van der Waals surface area contributed by atoms with Gasteiger partial charge in [0.25, 0.3) is 5.91 Å². The lowest BCUT2D eigenvalue weighted by atomic mass is 10.1. The summed E-state index contributed by atoms with van der Waals surface area (Å²) in [5.41, 5.74) is 7.37. The lowest BCUT2D eigenvalue weighted by molar-refractivity contribution is -0.119.